The van der Waals surface area contributed by atoms with E-state index in [1.165, 1.54) is 56.5 Å². The Morgan fingerprint density at radius 2 is 1.78 bits per heavy atom. The minimum atomic E-state index is 0.123. The van der Waals surface area contributed by atoms with Crippen molar-refractivity contribution in [3.8, 4) is 0 Å². The Labute approximate surface area is 195 Å². The van der Waals surface area contributed by atoms with Crippen LogP contribution in [0.1, 0.15) is 85.5 Å². The molecule has 0 aromatic heterocycles. The molecule has 0 heterocycles. The molecule has 4 aliphatic rings. The third-order valence-electron chi connectivity index (χ3n) is 9.46. The van der Waals surface area contributed by atoms with Gasteiger partial charge in [0, 0.05) is 19.6 Å². The lowest BCUT2D eigenvalue weighted by molar-refractivity contribution is -0.131. The Morgan fingerprint density at radius 1 is 1.06 bits per heavy atom. The van der Waals surface area contributed by atoms with Gasteiger partial charge in [-0.25, -0.2) is 11.0 Å². The SMILES string of the molecule is CC.COCC1CCC2C(CCC3C2CCC2(C)C(C(=O)CN(N)/N=C(/C)N)CCC32)C1. The first-order valence-electron chi connectivity index (χ1n) is 13.2. The van der Waals surface area contributed by atoms with Crippen LogP contribution in [-0.4, -0.2) is 37.0 Å². The molecule has 32 heavy (non-hydrogen) atoms. The smallest absolute Gasteiger partial charge is 0.159 e. The number of hydrogen-bond acceptors (Lipinski definition) is 5. The number of methoxy groups -OCH3 is 1. The van der Waals surface area contributed by atoms with Gasteiger partial charge in [-0.3, -0.25) is 4.79 Å². The van der Waals surface area contributed by atoms with E-state index in [0.29, 0.717) is 11.8 Å². The molecule has 8 atom stereocenters. The van der Waals surface area contributed by atoms with Crippen molar-refractivity contribution in [1.29, 1.82) is 0 Å². The number of carbonyl (C=O) groups is 1. The molecular weight excluding hydrogens is 400 g/mol. The molecule has 0 amide bonds. The summed E-state index contributed by atoms with van der Waals surface area (Å²) in [6, 6.07) is 0. The van der Waals surface area contributed by atoms with Gasteiger partial charge in [0.25, 0.3) is 0 Å². The van der Waals surface area contributed by atoms with Crippen LogP contribution in [0.5, 0.6) is 0 Å². The average Bonchev–Trinajstić information content (AvgIpc) is 3.12. The molecule has 0 aliphatic heterocycles. The molecule has 0 spiro atoms. The first-order valence-corrected chi connectivity index (χ1v) is 13.2. The highest BCUT2D eigenvalue weighted by Gasteiger charge is 2.58. The van der Waals surface area contributed by atoms with Crippen molar-refractivity contribution in [2.45, 2.75) is 85.5 Å². The van der Waals surface area contributed by atoms with Gasteiger partial charge in [-0.1, -0.05) is 20.8 Å². The molecule has 8 unspecified atom stereocenters. The Balaban J connectivity index is 0.00000141. The second-order valence-electron chi connectivity index (χ2n) is 11.0. The van der Waals surface area contributed by atoms with Gasteiger partial charge in [-0.15, -0.1) is 5.10 Å². The second-order valence-corrected chi connectivity index (χ2v) is 11.0. The number of hydrogen-bond donors (Lipinski definition) is 2. The summed E-state index contributed by atoms with van der Waals surface area (Å²) in [5.74, 6) is 11.7. The number of Topliss-reactive ketones (excluding diaryl/α,β-unsaturated/α-hetero) is 1. The molecule has 0 saturated heterocycles. The lowest BCUT2D eigenvalue weighted by atomic mass is 9.49. The number of hydrazone groups is 1. The van der Waals surface area contributed by atoms with Crippen LogP contribution in [0, 0.1) is 46.8 Å². The fourth-order valence-electron chi connectivity index (χ4n) is 8.37. The number of ketones is 1. The minimum Gasteiger partial charge on any atom is -0.386 e. The van der Waals surface area contributed by atoms with Crippen molar-refractivity contribution in [1.82, 2.24) is 5.12 Å². The fraction of sp³-hybridized carbons (Fsp3) is 0.923. The van der Waals surface area contributed by atoms with E-state index in [9.17, 15) is 4.79 Å². The Hall–Kier alpha value is -1.14. The van der Waals surface area contributed by atoms with Crippen LogP contribution in [-0.2, 0) is 9.53 Å². The monoisotopic (exact) mass is 448 g/mol. The first kappa shape index (κ1) is 25.5. The molecule has 0 aromatic rings. The maximum Gasteiger partial charge on any atom is 0.159 e. The maximum absolute atomic E-state index is 13.1. The van der Waals surface area contributed by atoms with Crippen LogP contribution in [0.4, 0.5) is 0 Å². The Morgan fingerprint density at radius 3 is 2.47 bits per heavy atom. The summed E-state index contributed by atoms with van der Waals surface area (Å²) in [7, 11) is 1.84. The van der Waals surface area contributed by atoms with Crippen LogP contribution in [0.15, 0.2) is 5.10 Å². The first-order chi connectivity index (χ1) is 15.3. The quantitative estimate of drug-likeness (QED) is 0.268. The molecule has 0 bridgehead atoms. The van der Waals surface area contributed by atoms with E-state index in [2.05, 4.69) is 12.0 Å². The van der Waals surface area contributed by atoms with Gasteiger partial charge in [0.15, 0.2) is 5.78 Å². The summed E-state index contributed by atoms with van der Waals surface area (Å²) in [4.78, 5) is 13.1. The second kappa shape index (κ2) is 10.9. The van der Waals surface area contributed by atoms with Gasteiger partial charge in [-0.2, -0.15) is 0 Å². The summed E-state index contributed by atoms with van der Waals surface area (Å²) in [6.45, 7) is 9.20. The van der Waals surface area contributed by atoms with Gasteiger partial charge in [0.2, 0.25) is 0 Å². The molecule has 4 aliphatic carbocycles. The number of amidine groups is 1. The van der Waals surface area contributed by atoms with Gasteiger partial charge in [-0.05, 0) is 106 Å². The summed E-state index contributed by atoms with van der Waals surface area (Å²) in [5, 5.41) is 5.25. The Kier molecular flexibility index (Phi) is 8.65. The average molecular weight is 449 g/mol. The third kappa shape index (κ3) is 5.01. The normalized spacial score (nSPS) is 40.9. The van der Waals surface area contributed by atoms with Crippen LogP contribution in [0.3, 0.4) is 0 Å². The van der Waals surface area contributed by atoms with Gasteiger partial charge in [0.1, 0.15) is 12.4 Å². The number of carbonyl (C=O) groups excluding carboxylic acids is 1. The molecule has 6 heteroatoms. The predicted octanol–water partition coefficient (Wildman–Crippen LogP) is 4.58. The molecule has 4 rings (SSSR count). The molecule has 0 radical (unpaired) electrons. The van der Waals surface area contributed by atoms with E-state index in [1.807, 2.05) is 21.0 Å². The van der Waals surface area contributed by atoms with E-state index in [-0.39, 0.29) is 23.7 Å². The van der Waals surface area contributed by atoms with E-state index in [1.54, 1.807) is 6.92 Å². The number of fused-ring (bicyclic) bond motifs is 5. The number of hydrazine groups is 1. The summed E-state index contributed by atoms with van der Waals surface area (Å²) in [5.41, 5.74) is 5.76. The largest absolute Gasteiger partial charge is 0.386 e. The molecule has 4 saturated carbocycles. The van der Waals surface area contributed by atoms with Crippen molar-refractivity contribution in [2.75, 3.05) is 20.3 Å². The lowest BCUT2D eigenvalue weighted by Crippen LogP contribution is -2.50. The van der Waals surface area contributed by atoms with Gasteiger partial charge in [0.05, 0.1) is 0 Å². The van der Waals surface area contributed by atoms with E-state index >= 15 is 0 Å². The van der Waals surface area contributed by atoms with Crippen LogP contribution < -0.4 is 11.6 Å². The molecule has 0 aromatic carbocycles. The zero-order valence-electron chi connectivity index (χ0n) is 21.2. The zero-order valence-corrected chi connectivity index (χ0v) is 21.2. The molecule has 4 fully saturated rings. The van der Waals surface area contributed by atoms with Crippen molar-refractivity contribution in [3.05, 3.63) is 0 Å². The molecule has 6 nitrogen and oxygen atoms in total. The van der Waals surface area contributed by atoms with Gasteiger partial charge >= 0.3 is 0 Å². The molecule has 184 valence electrons. The van der Waals surface area contributed by atoms with Crippen LogP contribution in [0.25, 0.3) is 0 Å². The van der Waals surface area contributed by atoms with E-state index in [0.717, 1.165) is 42.6 Å². The highest BCUT2D eigenvalue weighted by atomic mass is 16.5. The number of nitrogens with two attached hydrogens (primary N) is 2. The van der Waals surface area contributed by atoms with E-state index < -0.39 is 0 Å². The van der Waals surface area contributed by atoms with Crippen LogP contribution in [0.2, 0.25) is 0 Å². The molecular formula is C26H48N4O2. The number of rotatable bonds is 6. The Bertz CT molecular complexity index is 664. The number of nitrogens with zero attached hydrogens (tertiary/aromatic N) is 2. The predicted molar refractivity (Wildman–Crippen MR) is 131 cm³/mol. The summed E-state index contributed by atoms with van der Waals surface area (Å²) in [6.07, 6.45) is 11.6. The van der Waals surface area contributed by atoms with E-state index in [4.69, 9.17) is 16.3 Å². The van der Waals surface area contributed by atoms with Crippen molar-refractivity contribution in [3.63, 3.8) is 0 Å². The highest BCUT2D eigenvalue weighted by molar-refractivity contribution is 5.84. The van der Waals surface area contributed by atoms with Crippen molar-refractivity contribution in [2.24, 2.45) is 63.5 Å². The lowest BCUT2D eigenvalue weighted by Gasteiger charge is -2.56. The maximum atomic E-state index is 13.1. The topological polar surface area (TPSA) is 93.9 Å². The fourth-order valence-corrected chi connectivity index (χ4v) is 8.37. The van der Waals surface area contributed by atoms with Crippen molar-refractivity contribution >= 4 is 11.6 Å². The zero-order chi connectivity index (χ0) is 23.5. The van der Waals surface area contributed by atoms with Crippen molar-refractivity contribution < 1.29 is 9.53 Å². The minimum absolute atomic E-state index is 0.123. The number of ether oxygens (including phenoxy) is 1. The highest BCUT2D eigenvalue weighted by Crippen LogP contribution is 2.64. The third-order valence-corrected chi connectivity index (χ3v) is 9.46. The summed E-state index contributed by atoms with van der Waals surface area (Å²) >= 11 is 0. The van der Waals surface area contributed by atoms with Crippen LogP contribution >= 0.6 is 0 Å². The summed E-state index contributed by atoms with van der Waals surface area (Å²) < 4.78 is 5.46. The standard InChI is InChI=1S/C24H42N4O2.C2H6/c1-15(25)27-28(26)13-23(29)22-9-8-21-20-7-5-17-12-16(14-30-3)4-6-18(17)19(20)10-11-24(21,22)2;1-2/h16-22H,4-14,26H2,1-3H3,(H2,25,27);1-2H3. The molecule has 4 N–H and O–H groups in total. The van der Waals surface area contributed by atoms with Gasteiger partial charge < -0.3 is 10.5 Å².